The molecule has 1 rings (SSSR count). The van der Waals surface area contributed by atoms with Crippen molar-refractivity contribution in [1.29, 1.82) is 0 Å². The molecule has 0 amide bonds. The molecule has 0 aliphatic rings. The van der Waals surface area contributed by atoms with Gasteiger partial charge in [0.2, 0.25) is 0 Å². The van der Waals surface area contributed by atoms with Crippen LogP contribution in [0.15, 0.2) is 18.5 Å². The van der Waals surface area contributed by atoms with E-state index in [2.05, 4.69) is 15.6 Å². The second kappa shape index (κ2) is 6.21. The Labute approximate surface area is 84.7 Å². The summed E-state index contributed by atoms with van der Waals surface area (Å²) >= 11 is 0. The van der Waals surface area contributed by atoms with E-state index in [1.54, 1.807) is 12.4 Å². The molecular formula is C10H17N3O. The molecule has 0 aliphatic heterocycles. The van der Waals surface area contributed by atoms with Crippen molar-refractivity contribution in [2.75, 3.05) is 37.4 Å². The van der Waals surface area contributed by atoms with E-state index in [1.165, 1.54) is 0 Å². The molecule has 4 heteroatoms. The Balaban J connectivity index is 2.34. The highest BCUT2D eigenvalue weighted by Crippen LogP contribution is 2.11. The van der Waals surface area contributed by atoms with E-state index in [0.29, 0.717) is 0 Å². The van der Waals surface area contributed by atoms with Crippen LogP contribution in [0.3, 0.4) is 0 Å². The number of nitrogens with zero attached hydrogens (tertiary/aromatic N) is 1. The Morgan fingerprint density at radius 3 is 2.86 bits per heavy atom. The summed E-state index contributed by atoms with van der Waals surface area (Å²) in [6.07, 6.45) is 3.58. The van der Waals surface area contributed by atoms with Crippen LogP contribution in [-0.2, 0) is 4.74 Å². The Bertz CT molecular complexity index is 265. The van der Waals surface area contributed by atoms with Crippen LogP contribution >= 0.6 is 0 Å². The smallest absolute Gasteiger partial charge is 0.0638 e. The molecule has 0 bridgehead atoms. The molecule has 0 unspecified atom stereocenters. The van der Waals surface area contributed by atoms with Crippen LogP contribution in [0.2, 0.25) is 0 Å². The molecule has 4 nitrogen and oxygen atoms in total. The van der Waals surface area contributed by atoms with Crippen molar-refractivity contribution >= 4 is 11.4 Å². The second-order valence-electron chi connectivity index (χ2n) is 2.84. The number of hydrogen-bond acceptors (Lipinski definition) is 4. The maximum atomic E-state index is 5.21. The summed E-state index contributed by atoms with van der Waals surface area (Å²) in [5.74, 6) is 0. The van der Waals surface area contributed by atoms with Crippen molar-refractivity contribution in [2.24, 2.45) is 0 Å². The van der Waals surface area contributed by atoms with Gasteiger partial charge < -0.3 is 15.4 Å². The molecule has 0 saturated heterocycles. The molecule has 0 radical (unpaired) electrons. The summed E-state index contributed by atoms with van der Waals surface area (Å²) in [4.78, 5) is 4.09. The lowest BCUT2D eigenvalue weighted by Crippen LogP contribution is -2.09. The van der Waals surface area contributed by atoms with Crippen molar-refractivity contribution in [3.63, 3.8) is 0 Å². The molecular weight excluding hydrogens is 178 g/mol. The number of nitrogens with one attached hydrogen (secondary N) is 2. The molecule has 0 fully saturated rings. The molecule has 1 aromatic heterocycles. The van der Waals surface area contributed by atoms with Gasteiger partial charge in [0.25, 0.3) is 0 Å². The van der Waals surface area contributed by atoms with Gasteiger partial charge in [0.15, 0.2) is 0 Å². The van der Waals surface area contributed by atoms with Crippen LogP contribution in [0.4, 0.5) is 11.4 Å². The van der Waals surface area contributed by atoms with E-state index in [4.69, 9.17) is 4.74 Å². The number of pyridine rings is 1. The zero-order chi connectivity index (χ0) is 10.2. The SMILES string of the molecule is CCOCCNc1cncc(NC)c1. The highest BCUT2D eigenvalue weighted by Gasteiger charge is 1.93. The fourth-order valence-corrected chi connectivity index (χ4v) is 1.09. The molecule has 78 valence electrons. The van der Waals surface area contributed by atoms with Gasteiger partial charge in [-0.3, -0.25) is 4.98 Å². The van der Waals surface area contributed by atoms with Crippen LogP contribution in [0, 0.1) is 0 Å². The van der Waals surface area contributed by atoms with Gasteiger partial charge in [0.05, 0.1) is 30.4 Å². The first kappa shape index (κ1) is 10.8. The highest BCUT2D eigenvalue weighted by molar-refractivity contribution is 5.53. The summed E-state index contributed by atoms with van der Waals surface area (Å²) in [6.45, 7) is 4.28. The van der Waals surface area contributed by atoms with E-state index < -0.39 is 0 Å². The molecule has 1 heterocycles. The summed E-state index contributed by atoms with van der Waals surface area (Å²) in [7, 11) is 1.88. The van der Waals surface area contributed by atoms with Crippen LogP contribution in [0.25, 0.3) is 0 Å². The van der Waals surface area contributed by atoms with Gasteiger partial charge in [-0.2, -0.15) is 0 Å². The topological polar surface area (TPSA) is 46.2 Å². The van der Waals surface area contributed by atoms with E-state index in [9.17, 15) is 0 Å². The summed E-state index contributed by atoms with van der Waals surface area (Å²) in [5.41, 5.74) is 2.02. The lowest BCUT2D eigenvalue weighted by atomic mass is 10.3. The van der Waals surface area contributed by atoms with Crippen molar-refractivity contribution in [1.82, 2.24) is 4.98 Å². The Morgan fingerprint density at radius 2 is 2.14 bits per heavy atom. The molecule has 1 aromatic rings. The molecule has 0 atom stereocenters. The lowest BCUT2D eigenvalue weighted by molar-refractivity contribution is 0.158. The summed E-state index contributed by atoms with van der Waals surface area (Å²) in [6, 6.07) is 2.01. The van der Waals surface area contributed by atoms with Gasteiger partial charge in [-0.05, 0) is 13.0 Å². The van der Waals surface area contributed by atoms with E-state index in [0.717, 1.165) is 31.1 Å². The Kier molecular flexibility index (Phi) is 4.78. The monoisotopic (exact) mass is 195 g/mol. The highest BCUT2D eigenvalue weighted by atomic mass is 16.5. The number of anilines is 2. The minimum atomic E-state index is 0.723. The molecule has 0 aliphatic carbocycles. The van der Waals surface area contributed by atoms with Gasteiger partial charge in [-0.15, -0.1) is 0 Å². The van der Waals surface area contributed by atoms with E-state index in [-0.39, 0.29) is 0 Å². The number of rotatable bonds is 6. The van der Waals surface area contributed by atoms with E-state index >= 15 is 0 Å². The largest absolute Gasteiger partial charge is 0.387 e. The van der Waals surface area contributed by atoms with Crippen molar-refractivity contribution in [2.45, 2.75) is 6.92 Å². The van der Waals surface area contributed by atoms with Crippen molar-refractivity contribution in [3.05, 3.63) is 18.5 Å². The molecule has 14 heavy (non-hydrogen) atoms. The summed E-state index contributed by atoms with van der Waals surface area (Å²) in [5, 5.41) is 6.26. The first-order valence-electron chi connectivity index (χ1n) is 4.81. The van der Waals surface area contributed by atoms with Gasteiger partial charge in [-0.25, -0.2) is 0 Å². The van der Waals surface area contributed by atoms with Gasteiger partial charge >= 0.3 is 0 Å². The van der Waals surface area contributed by atoms with Gasteiger partial charge in [-0.1, -0.05) is 0 Å². The lowest BCUT2D eigenvalue weighted by Gasteiger charge is -2.07. The van der Waals surface area contributed by atoms with E-state index in [1.807, 2.05) is 20.0 Å². The predicted molar refractivity (Wildman–Crippen MR) is 58.8 cm³/mol. The van der Waals surface area contributed by atoms with Crippen LogP contribution < -0.4 is 10.6 Å². The second-order valence-corrected chi connectivity index (χ2v) is 2.84. The molecule has 0 spiro atoms. The summed E-state index contributed by atoms with van der Waals surface area (Å²) < 4.78 is 5.21. The first-order chi connectivity index (χ1) is 6.86. The molecule has 0 saturated carbocycles. The fourth-order valence-electron chi connectivity index (χ4n) is 1.09. The third kappa shape index (κ3) is 3.62. The van der Waals surface area contributed by atoms with Crippen LogP contribution in [0.1, 0.15) is 6.92 Å². The average molecular weight is 195 g/mol. The minimum absolute atomic E-state index is 0.723. The van der Waals surface area contributed by atoms with Crippen LogP contribution in [-0.4, -0.2) is 31.8 Å². The van der Waals surface area contributed by atoms with Crippen molar-refractivity contribution in [3.8, 4) is 0 Å². The number of ether oxygens (including phenoxy) is 1. The maximum absolute atomic E-state index is 5.21. The third-order valence-corrected chi connectivity index (χ3v) is 1.81. The normalized spacial score (nSPS) is 9.86. The van der Waals surface area contributed by atoms with Gasteiger partial charge in [0.1, 0.15) is 0 Å². The van der Waals surface area contributed by atoms with Crippen molar-refractivity contribution < 1.29 is 4.74 Å². The third-order valence-electron chi connectivity index (χ3n) is 1.81. The minimum Gasteiger partial charge on any atom is -0.387 e. The molecule has 2 N–H and O–H groups in total. The quantitative estimate of drug-likeness (QED) is 0.676. The Hall–Kier alpha value is -1.29. The number of hydrogen-bond donors (Lipinski definition) is 2. The molecule has 0 aromatic carbocycles. The Morgan fingerprint density at radius 1 is 1.36 bits per heavy atom. The average Bonchev–Trinajstić information content (AvgIpc) is 2.25. The first-order valence-corrected chi connectivity index (χ1v) is 4.81. The standard InChI is InChI=1S/C10H17N3O/c1-3-14-5-4-13-10-6-9(11-2)7-12-8-10/h6-8,11,13H,3-5H2,1-2H3. The fraction of sp³-hybridized carbons (Fsp3) is 0.500. The zero-order valence-corrected chi connectivity index (χ0v) is 8.71. The van der Waals surface area contributed by atoms with Gasteiger partial charge in [0, 0.05) is 20.2 Å². The zero-order valence-electron chi connectivity index (χ0n) is 8.71. The van der Waals surface area contributed by atoms with Crippen LogP contribution in [0.5, 0.6) is 0 Å². The maximum Gasteiger partial charge on any atom is 0.0638 e. The number of aromatic nitrogens is 1. The predicted octanol–water partition coefficient (Wildman–Crippen LogP) is 1.57.